The van der Waals surface area contributed by atoms with E-state index in [1.54, 1.807) is 0 Å². The minimum atomic E-state index is -3.06. The van der Waals surface area contributed by atoms with Gasteiger partial charge in [0.1, 0.15) is 5.82 Å². The van der Waals surface area contributed by atoms with Crippen LogP contribution < -0.4 is 0 Å². The molecule has 0 spiro atoms. The van der Waals surface area contributed by atoms with Crippen molar-refractivity contribution in [1.82, 2.24) is 14.8 Å². The van der Waals surface area contributed by atoms with Gasteiger partial charge in [0.25, 0.3) is 0 Å². The van der Waals surface area contributed by atoms with Gasteiger partial charge in [-0.3, -0.25) is 0 Å². The van der Waals surface area contributed by atoms with Gasteiger partial charge in [0.05, 0.1) is 11.0 Å². The lowest BCUT2D eigenvalue weighted by molar-refractivity contribution is -0.141. The second-order valence-electron chi connectivity index (χ2n) is 5.82. The smallest absolute Gasteiger partial charge is 0.328 e. The molecule has 3 heterocycles. The molecule has 3 rings (SSSR count). The molecule has 0 aromatic carbocycles. The van der Waals surface area contributed by atoms with Crippen molar-refractivity contribution in [3.05, 3.63) is 11.6 Å². The molecule has 2 unspecified atom stereocenters. The predicted molar refractivity (Wildman–Crippen MR) is 74.8 cm³/mol. The van der Waals surface area contributed by atoms with Crippen LogP contribution in [0.15, 0.2) is 0 Å². The van der Waals surface area contributed by atoms with Crippen molar-refractivity contribution in [2.75, 3.05) is 5.75 Å². The number of aromatic nitrogens is 3. The van der Waals surface area contributed by atoms with E-state index < -0.39 is 27.1 Å². The molecule has 116 valence electrons. The van der Waals surface area contributed by atoms with Gasteiger partial charge in [-0.15, -0.1) is 0 Å². The summed E-state index contributed by atoms with van der Waals surface area (Å²) < 4.78 is 25.6. The quantitative estimate of drug-likeness (QED) is 0.883. The molecule has 1 aromatic rings. The van der Waals surface area contributed by atoms with Crippen molar-refractivity contribution < 1.29 is 18.3 Å². The van der Waals surface area contributed by atoms with Gasteiger partial charge in [-0.05, 0) is 25.7 Å². The van der Waals surface area contributed by atoms with E-state index in [1.807, 2.05) is 0 Å². The minimum absolute atomic E-state index is 0.239. The largest absolute Gasteiger partial charge is 0.480 e. The maximum absolute atomic E-state index is 12.0. The highest BCUT2D eigenvalue weighted by atomic mass is 32.2. The summed E-state index contributed by atoms with van der Waals surface area (Å²) in [6.07, 6.45) is 4.61. The zero-order chi connectivity index (χ0) is 15.0. The molecule has 2 atom stereocenters. The van der Waals surface area contributed by atoms with Gasteiger partial charge in [0.2, 0.25) is 0 Å². The van der Waals surface area contributed by atoms with Crippen LogP contribution >= 0.6 is 0 Å². The van der Waals surface area contributed by atoms with Crippen molar-refractivity contribution in [3.8, 4) is 0 Å². The Morgan fingerprint density at radius 1 is 1.29 bits per heavy atom. The summed E-state index contributed by atoms with van der Waals surface area (Å²) in [6.45, 7) is 0. The third kappa shape index (κ3) is 2.81. The van der Waals surface area contributed by atoms with Crippen LogP contribution in [0, 0.1) is 0 Å². The highest BCUT2D eigenvalue weighted by molar-refractivity contribution is 7.92. The van der Waals surface area contributed by atoms with Crippen LogP contribution in [-0.2, 0) is 27.5 Å². The van der Waals surface area contributed by atoms with E-state index in [4.69, 9.17) is 0 Å². The monoisotopic (exact) mass is 313 g/mol. The number of fused-ring (bicyclic) bond motifs is 1. The van der Waals surface area contributed by atoms with Gasteiger partial charge in [-0.2, -0.15) is 5.10 Å². The van der Waals surface area contributed by atoms with Crippen molar-refractivity contribution in [1.29, 1.82) is 0 Å². The molecule has 21 heavy (non-hydrogen) atoms. The molecule has 1 saturated heterocycles. The summed E-state index contributed by atoms with van der Waals surface area (Å²) >= 11 is 0. The summed E-state index contributed by atoms with van der Waals surface area (Å²) in [5, 5.41) is 13.1. The lowest BCUT2D eigenvalue weighted by atomic mass is 10.1. The maximum Gasteiger partial charge on any atom is 0.328 e. The number of rotatable bonds is 3. The molecule has 2 aliphatic rings. The average molecular weight is 313 g/mol. The number of hydrogen-bond donors (Lipinski definition) is 1. The zero-order valence-electron chi connectivity index (χ0n) is 11.7. The molecule has 1 fully saturated rings. The molecule has 1 N–H and O–H groups in total. The average Bonchev–Trinajstić information content (AvgIpc) is 2.83. The van der Waals surface area contributed by atoms with Crippen LogP contribution in [-0.4, -0.2) is 45.3 Å². The Bertz CT molecular complexity index is 652. The number of hydrogen-bond acceptors (Lipinski definition) is 5. The number of sulfone groups is 1. The van der Waals surface area contributed by atoms with Crippen LogP contribution in [0.4, 0.5) is 0 Å². The molecule has 0 aliphatic carbocycles. The SMILES string of the molecule is O=C(O)C1CCCc2nc(CC3CCCCS3(=O)=O)nn21. The number of carboxylic acids is 1. The number of carbonyl (C=O) groups is 1. The fourth-order valence-electron chi connectivity index (χ4n) is 3.17. The Morgan fingerprint density at radius 3 is 2.81 bits per heavy atom. The predicted octanol–water partition coefficient (Wildman–Crippen LogP) is 0.750. The summed E-state index contributed by atoms with van der Waals surface area (Å²) in [6, 6.07) is -0.669. The van der Waals surface area contributed by atoms with Crippen molar-refractivity contribution >= 4 is 15.8 Å². The fourth-order valence-corrected chi connectivity index (χ4v) is 5.04. The molecular formula is C13H19N3O4S. The van der Waals surface area contributed by atoms with Crippen LogP contribution in [0.1, 0.15) is 49.8 Å². The maximum atomic E-state index is 12.0. The highest BCUT2D eigenvalue weighted by Gasteiger charge is 2.32. The van der Waals surface area contributed by atoms with E-state index in [1.165, 1.54) is 4.68 Å². The molecule has 7 nitrogen and oxygen atoms in total. The Morgan fingerprint density at radius 2 is 2.10 bits per heavy atom. The Balaban J connectivity index is 1.83. The van der Waals surface area contributed by atoms with Gasteiger partial charge in [-0.1, -0.05) is 6.42 Å². The second-order valence-corrected chi connectivity index (χ2v) is 8.22. The van der Waals surface area contributed by atoms with Crippen LogP contribution in [0.2, 0.25) is 0 Å². The van der Waals surface area contributed by atoms with Crippen molar-refractivity contribution in [3.63, 3.8) is 0 Å². The molecule has 0 bridgehead atoms. The lowest BCUT2D eigenvalue weighted by Gasteiger charge is -2.20. The third-order valence-electron chi connectivity index (χ3n) is 4.33. The van der Waals surface area contributed by atoms with E-state index in [-0.39, 0.29) is 5.75 Å². The number of aliphatic carboxylic acids is 1. The first-order chi connectivity index (χ1) is 9.97. The molecule has 0 amide bonds. The zero-order valence-corrected chi connectivity index (χ0v) is 12.5. The van der Waals surface area contributed by atoms with Gasteiger partial charge >= 0.3 is 5.97 Å². The standard InChI is InChI=1S/C13H19N3O4S/c17-13(18)10-5-3-6-12-14-11(15-16(10)12)8-9-4-1-2-7-21(9,19)20/h9-10H,1-8H2,(H,17,18). The third-order valence-corrected chi connectivity index (χ3v) is 6.60. The summed E-state index contributed by atoms with van der Waals surface area (Å²) in [7, 11) is -3.06. The molecule has 0 saturated carbocycles. The number of carboxylic acid groups (broad SMARTS) is 1. The second kappa shape index (κ2) is 5.40. The first-order valence-electron chi connectivity index (χ1n) is 7.36. The molecular weight excluding hydrogens is 294 g/mol. The number of nitrogens with zero attached hydrogens (tertiary/aromatic N) is 3. The van der Waals surface area contributed by atoms with E-state index in [9.17, 15) is 18.3 Å². The molecule has 1 aromatic heterocycles. The van der Waals surface area contributed by atoms with E-state index in [2.05, 4.69) is 10.1 Å². The van der Waals surface area contributed by atoms with Gasteiger partial charge in [0, 0.05) is 12.8 Å². The summed E-state index contributed by atoms with van der Waals surface area (Å²) in [5.41, 5.74) is 0. The summed E-state index contributed by atoms with van der Waals surface area (Å²) in [4.78, 5) is 15.6. The van der Waals surface area contributed by atoms with Gasteiger partial charge in [0.15, 0.2) is 21.7 Å². The van der Waals surface area contributed by atoms with Crippen molar-refractivity contribution in [2.45, 2.75) is 56.2 Å². The Hall–Kier alpha value is -1.44. The Labute approximate surface area is 123 Å². The van der Waals surface area contributed by atoms with Gasteiger partial charge < -0.3 is 5.11 Å². The van der Waals surface area contributed by atoms with Crippen molar-refractivity contribution in [2.24, 2.45) is 0 Å². The van der Waals surface area contributed by atoms with E-state index >= 15 is 0 Å². The topological polar surface area (TPSA) is 102 Å². The first-order valence-corrected chi connectivity index (χ1v) is 9.07. The molecule has 8 heteroatoms. The van der Waals surface area contributed by atoms with Gasteiger partial charge in [-0.25, -0.2) is 22.9 Å². The normalized spacial score (nSPS) is 28.0. The highest BCUT2D eigenvalue weighted by Crippen LogP contribution is 2.26. The van der Waals surface area contributed by atoms with Crippen LogP contribution in [0.3, 0.4) is 0 Å². The minimum Gasteiger partial charge on any atom is -0.480 e. The lowest BCUT2D eigenvalue weighted by Crippen LogP contribution is -2.30. The fraction of sp³-hybridized carbons (Fsp3) is 0.769. The molecule has 0 radical (unpaired) electrons. The molecule has 2 aliphatic heterocycles. The first kappa shape index (κ1) is 14.5. The summed E-state index contributed by atoms with van der Waals surface area (Å²) in [5.74, 6) is 0.464. The van der Waals surface area contributed by atoms with E-state index in [0.717, 1.165) is 19.3 Å². The van der Waals surface area contributed by atoms with Crippen LogP contribution in [0.5, 0.6) is 0 Å². The van der Waals surface area contributed by atoms with Crippen LogP contribution in [0.25, 0.3) is 0 Å². The Kier molecular flexibility index (Phi) is 3.73. The van der Waals surface area contributed by atoms with E-state index in [0.29, 0.717) is 37.3 Å². The number of aryl methyl sites for hydroxylation is 1.